The van der Waals surface area contributed by atoms with Crippen LogP contribution in [-0.2, 0) is 4.79 Å². The number of aliphatic carboxylic acids is 1. The molecule has 0 bridgehead atoms. The number of hydrogen-bond acceptors (Lipinski definition) is 3. The summed E-state index contributed by atoms with van der Waals surface area (Å²) in [7, 11) is 0. The molecule has 0 aliphatic heterocycles. The van der Waals surface area contributed by atoms with Gasteiger partial charge in [0.05, 0.1) is 12.0 Å². The van der Waals surface area contributed by atoms with E-state index in [0.29, 0.717) is 30.1 Å². The van der Waals surface area contributed by atoms with Crippen LogP contribution in [0.2, 0.25) is 0 Å². The van der Waals surface area contributed by atoms with Crippen molar-refractivity contribution in [1.29, 1.82) is 0 Å². The zero-order valence-electron chi connectivity index (χ0n) is 15.0. The maximum absolute atomic E-state index is 10.7. The highest BCUT2D eigenvalue weighted by molar-refractivity contribution is 5.66. The van der Waals surface area contributed by atoms with Gasteiger partial charge in [0.15, 0.2) is 0 Å². The molecule has 2 unspecified atom stereocenters. The molecule has 25 heavy (non-hydrogen) atoms. The van der Waals surface area contributed by atoms with Gasteiger partial charge in [-0.2, -0.15) is 0 Å². The predicted octanol–water partition coefficient (Wildman–Crippen LogP) is 2.99. The van der Waals surface area contributed by atoms with Crippen molar-refractivity contribution in [2.24, 2.45) is 29.6 Å². The fraction of sp³-hybridized carbons (Fsp3) is 0.762. The quantitative estimate of drug-likeness (QED) is 0.540. The third-order valence-corrected chi connectivity index (χ3v) is 6.58. The van der Waals surface area contributed by atoms with Crippen molar-refractivity contribution in [2.75, 3.05) is 0 Å². The Bertz CT molecular complexity index is 578. The van der Waals surface area contributed by atoms with E-state index in [4.69, 9.17) is 5.11 Å². The second-order valence-corrected chi connectivity index (χ2v) is 8.06. The van der Waals surface area contributed by atoms with Gasteiger partial charge < -0.3 is 15.3 Å². The van der Waals surface area contributed by atoms with E-state index in [1.807, 2.05) is 0 Å². The second kappa shape index (κ2) is 7.93. The Hall–Kier alpha value is -1.31. The van der Waals surface area contributed by atoms with Crippen LogP contribution in [0.25, 0.3) is 0 Å². The van der Waals surface area contributed by atoms with Crippen molar-refractivity contribution in [1.82, 2.24) is 0 Å². The lowest BCUT2D eigenvalue weighted by molar-refractivity contribution is -0.136. The van der Waals surface area contributed by atoms with Gasteiger partial charge >= 0.3 is 5.97 Å². The smallest absolute Gasteiger partial charge is 0.303 e. The third kappa shape index (κ3) is 3.93. The molecule has 3 aliphatic rings. The topological polar surface area (TPSA) is 77.8 Å². The summed E-state index contributed by atoms with van der Waals surface area (Å²) in [5.74, 6) is 6.86. The molecule has 0 saturated heterocycles. The summed E-state index contributed by atoms with van der Waals surface area (Å²) in [5.41, 5.74) is 1.35. The van der Waals surface area contributed by atoms with Crippen LogP contribution in [-0.4, -0.2) is 33.5 Å². The second-order valence-electron chi connectivity index (χ2n) is 8.06. The van der Waals surface area contributed by atoms with Gasteiger partial charge in [-0.25, -0.2) is 0 Å². The van der Waals surface area contributed by atoms with Crippen molar-refractivity contribution in [3.63, 3.8) is 0 Å². The van der Waals surface area contributed by atoms with E-state index in [-0.39, 0.29) is 12.3 Å². The first-order valence-electron chi connectivity index (χ1n) is 9.78. The fourth-order valence-electron chi connectivity index (χ4n) is 5.18. The number of hydrogen-bond donors (Lipinski definition) is 3. The van der Waals surface area contributed by atoms with Gasteiger partial charge in [0.25, 0.3) is 0 Å². The van der Waals surface area contributed by atoms with Gasteiger partial charge in [0.2, 0.25) is 0 Å². The molecule has 0 aromatic carbocycles. The Morgan fingerprint density at radius 1 is 1.28 bits per heavy atom. The van der Waals surface area contributed by atoms with Crippen LogP contribution in [0.4, 0.5) is 0 Å². The van der Waals surface area contributed by atoms with E-state index in [9.17, 15) is 15.0 Å². The van der Waals surface area contributed by atoms with Crippen LogP contribution in [0, 0.1) is 41.4 Å². The lowest BCUT2D eigenvalue weighted by Gasteiger charge is -2.53. The summed E-state index contributed by atoms with van der Waals surface area (Å²) >= 11 is 0. The fourth-order valence-corrected chi connectivity index (χ4v) is 5.18. The molecule has 4 nitrogen and oxygen atoms in total. The van der Waals surface area contributed by atoms with Crippen molar-refractivity contribution >= 4 is 5.97 Å². The summed E-state index contributed by atoms with van der Waals surface area (Å²) in [6, 6.07) is 0. The summed E-state index contributed by atoms with van der Waals surface area (Å²) in [6.07, 6.45) is 8.05. The van der Waals surface area contributed by atoms with Gasteiger partial charge in [-0.3, -0.25) is 4.79 Å². The molecule has 0 spiro atoms. The molecule has 3 rings (SSSR count). The number of carboxylic acids is 1. The van der Waals surface area contributed by atoms with Crippen LogP contribution >= 0.6 is 0 Å². The SMILES string of the molecule is CC1C(=CCCC(=O)O)[C@H]2CC[C@@H](O)[C@H](C#CC(O)C3CCCC3)[C@@H]12. The number of allylic oxidation sites excluding steroid dienone is 2. The zero-order valence-corrected chi connectivity index (χ0v) is 15.0. The molecule has 0 aromatic rings. The van der Waals surface area contributed by atoms with E-state index < -0.39 is 18.2 Å². The van der Waals surface area contributed by atoms with Gasteiger partial charge in [-0.15, -0.1) is 0 Å². The van der Waals surface area contributed by atoms with Crippen molar-refractivity contribution in [2.45, 2.75) is 70.5 Å². The Morgan fingerprint density at radius 3 is 2.68 bits per heavy atom. The lowest BCUT2D eigenvalue weighted by Crippen LogP contribution is -2.50. The van der Waals surface area contributed by atoms with Crippen LogP contribution < -0.4 is 0 Å². The van der Waals surface area contributed by atoms with Crippen LogP contribution in [0.1, 0.15) is 58.3 Å². The van der Waals surface area contributed by atoms with E-state index >= 15 is 0 Å². The Morgan fingerprint density at radius 2 is 2.00 bits per heavy atom. The number of aliphatic hydroxyl groups is 2. The first-order chi connectivity index (χ1) is 12.0. The van der Waals surface area contributed by atoms with Crippen molar-refractivity contribution in [3.05, 3.63) is 11.6 Å². The maximum atomic E-state index is 10.7. The number of fused-ring (bicyclic) bond motifs is 1. The molecule has 3 fully saturated rings. The Balaban J connectivity index is 1.66. The molecule has 3 N–H and O–H groups in total. The molecule has 3 aliphatic carbocycles. The third-order valence-electron chi connectivity index (χ3n) is 6.58. The van der Waals surface area contributed by atoms with E-state index in [1.54, 1.807) is 0 Å². The minimum Gasteiger partial charge on any atom is -0.481 e. The molecule has 0 radical (unpaired) electrons. The molecule has 3 saturated carbocycles. The molecule has 0 aromatic heterocycles. The number of carboxylic acid groups (broad SMARTS) is 1. The largest absolute Gasteiger partial charge is 0.481 e. The minimum atomic E-state index is -0.760. The molecule has 138 valence electrons. The molecule has 0 amide bonds. The average Bonchev–Trinajstić information content (AvgIpc) is 3.11. The minimum absolute atomic E-state index is 0.0681. The normalized spacial score (nSPS) is 37.7. The van der Waals surface area contributed by atoms with Crippen molar-refractivity contribution in [3.8, 4) is 11.8 Å². The molecular weight excluding hydrogens is 316 g/mol. The average molecular weight is 346 g/mol. The Labute approximate surface area is 150 Å². The molecule has 0 heterocycles. The standard InChI is InChI=1S/C21H30O4/c1-13-15(7-4-8-20(24)25)16-9-12-19(23)17(21(13)16)10-11-18(22)14-5-2-3-6-14/h7,13-14,16-19,21-23H,2-6,8-9,12H2,1H3,(H,24,25)/t13?,16-,17+,18?,19-,21+/m1/s1. The summed E-state index contributed by atoms with van der Waals surface area (Å²) < 4.78 is 0. The van der Waals surface area contributed by atoms with E-state index in [2.05, 4.69) is 24.8 Å². The first kappa shape index (κ1) is 18.5. The van der Waals surface area contributed by atoms with Crippen molar-refractivity contribution < 1.29 is 20.1 Å². The number of aliphatic hydroxyl groups excluding tert-OH is 2. The van der Waals surface area contributed by atoms with Gasteiger partial charge in [0.1, 0.15) is 6.10 Å². The molecule has 4 heteroatoms. The van der Waals surface area contributed by atoms with Crippen LogP contribution in [0.15, 0.2) is 11.6 Å². The van der Waals surface area contributed by atoms with Crippen LogP contribution in [0.5, 0.6) is 0 Å². The number of carbonyl (C=O) groups is 1. The molecular formula is C21H30O4. The van der Waals surface area contributed by atoms with Gasteiger partial charge in [-0.1, -0.05) is 43.3 Å². The summed E-state index contributed by atoms with van der Waals surface area (Å²) in [4.78, 5) is 10.7. The van der Waals surface area contributed by atoms with Gasteiger partial charge in [0, 0.05) is 6.42 Å². The summed E-state index contributed by atoms with van der Waals surface area (Å²) in [6.45, 7) is 2.16. The predicted molar refractivity (Wildman–Crippen MR) is 95.6 cm³/mol. The highest BCUT2D eigenvalue weighted by Gasteiger charge is 2.51. The monoisotopic (exact) mass is 346 g/mol. The maximum Gasteiger partial charge on any atom is 0.303 e. The highest BCUT2D eigenvalue weighted by atomic mass is 16.4. The molecule has 6 atom stereocenters. The van der Waals surface area contributed by atoms with Crippen LogP contribution in [0.3, 0.4) is 0 Å². The lowest BCUT2D eigenvalue weighted by atomic mass is 9.51. The highest BCUT2D eigenvalue weighted by Crippen LogP contribution is 2.55. The van der Waals surface area contributed by atoms with E-state index in [1.165, 1.54) is 18.4 Å². The zero-order chi connectivity index (χ0) is 18.0. The van der Waals surface area contributed by atoms with E-state index in [0.717, 1.165) is 25.7 Å². The first-order valence-corrected chi connectivity index (χ1v) is 9.78. The summed E-state index contributed by atoms with van der Waals surface area (Å²) in [5, 5.41) is 29.5. The Kier molecular flexibility index (Phi) is 5.86. The van der Waals surface area contributed by atoms with Gasteiger partial charge in [-0.05, 0) is 55.8 Å². The number of rotatable bonds is 4.